The molecule has 0 saturated carbocycles. The summed E-state index contributed by atoms with van der Waals surface area (Å²) in [6.45, 7) is 3.90. The van der Waals surface area contributed by atoms with E-state index < -0.39 is 10.7 Å². The highest BCUT2D eigenvalue weighted by molar-refractivity contribution is 6.31. The molecule has 0 radical (unpaired) electrons. The molecule has 2 aromatic rings. The van der Waals surface area contributed by atoms with Crippen molar-refractivity contribution in [1.29, 1.82) is 0 Å². The van der Waals surface area contributed by atoms with Crippen LogP contribution < -0.4 is 5.32 Å². The molecule has 2 rings (SSSR count). The molecular weight excluding hydrogens is 287 g/mol. The smallest absolute Gasteiger partial charge is 0.295 e. The molecule has 6 nitrogen and oxygen atoms in total. The second-order valence-electron chi connectivity index (χ2n) is 4.47. The van der Waals surface area contributed by atoms with Gasteiger partial charge in [0.2, 0.25) is 0 Å². The number of nitro benzene ring substituents is 1. The number of anilines is 2. The van der Waals surface area contributed by atoms with E-state index in [9.17, 15) is 14.5 Å². The van der Waals surface area contributed by atoms with Crippen molar-refractivity contribution in [1.82, 2.24) is 9.78 Å². The van der Waals surface area contributed by atoms with Crippen LogP contribution in [0.3, 0.4) is 0 Å². The standard InChI is InChI=1S/C12H12ClFN4O2/c1-7(2)17-6-8(5-15-17)16-11-3-9(13)10(14)4-12(11)18(19)20/h3-7,16H,1-2H3. The monoisotopic (exact) mass is 298 g/mol. The Hall–Kier alpha value is -2.15. The van der Waals surface area contributed by atoms with Crippen LogP contribution in [0.25, 0.3) is 0 Å². The van der Waals surface area contributed by atoms with Crippen molar-refractivity contribution in [2.75, 3.05) is 5.32 Å². The van der Waals surface area contributed by atoms with Crippen LogP contribution in [0, 0.1) is 15.9 Å². The second kappa shape index (κ2) is 5.46. The molecule has 1 aromatic carbocycles. The highest BCUT2D eigenvalue weighted by Crippen LogP contribution is 2.32. The molecule has 0 bridgehead atoms. The van der Waals surface area contributed by atoms with Crippen LogP contribution in [0.4, 0.5) is 21.5 Å². The molecule has 0 saturated heterocycles. The molecule has 20 heavy (non-hydrogen) atoms. The number of nitrogens with one attached hydrogen (secondary N) is 1. The lowest BCUT2D eigenvalue weighted by molar-refractivity contribution is -0.384. The number of halogens is 2. The van der Waals surface area contributed by atoms with Gasteiger partial charge < -0.3 is 5.32 Å². The van der Waals surface area contributed by atoms with E-state index in [-0.39, 0.29) is 22.4 Å². The SMILES string of the molecule is CC(C)n1cc(Nc2cc(Cl)c(F)cc2[N+](=O)[O-])cn1. The van der Waals surface area contributed by atoms with Crippen LogP contribution in [0.15, 0.2) is 24.5 Å². The fourth-order valence-corrected chi connectivity index (χ4v) is 1.79. The Morgan fingerprint density at radius 1 is 1.50 bits per heavy atom. The third-order valence-corrected chi connectivity index (χ3v) is 2.93. The molecule has 0 fully saturated rings. The summed E-state index contributed by atoms with van der Waals surface area (Å²) < 4.78 is 15.0. The first-order valence-corrected chi connectivity index (χ1v) is 6.21. The van der Waals surface area contributed by atoms with Crippen molar-refractivity contribution in [3.05, 3.63) is 45.5 Å². The molecule has 8 heteroatoms. The first kappa shape index (κ1) is 14.3. The summed E-state index contributed by atoms with van der Waals surface area (Å²) in [5.41, 5.74) is 0.290. The van der Waals surface area contributed by atoms with Crippen molar-refractivity contribution in [2.45, 2.75) is 19.9 Å². The lowest BCUT2D eigenvalue weighted by Crippen LogP contribution is -2.00. The lowest BCUT2D eigenvalue weighted by Gasteiger charge is -2.06. The Kier molecular flexibility index (Phi) is 3.89. The number of hydrogen-bond acceptors (Lipinski definition) is 4. The Morgan fingerprint density at radius 2 is 2.20 bits per heavy atom. The number of nitro groups is 1. The van der Waals surface area contributed by atoms with Crippen LogP contribution in [0.1, 0.15) is 19.9 Å². The van der Waals surface area contributed by atoms with Gasteiger partial charge in [0.1, 0.15) is 11.5 Å². The summed E-state index contributed by atoms with van der Waals surface area (Å²) in [5.74, 6) is -0.832. The third-order valence-electron chi connectivity index (χ3n) is 2.64. The van der Waals surface area contributed by atoms with Crippen LogP contribution in [-0.2, 0) is 0 Å². The van der Waals surface area contributed by atoms with Gasteiger partial charge in [0.15, 0.2) is 0 Å². The first-order chi connectivity index (χ1) is 9.38. The van der Waals surface area contributed by atoms with E-state index in [1.54, 1.807) is 10.9 Å². The fourth-order valence-electron chi connectivity index (χ4n) is 1.63. The predicted molar refractivity (Wildman–Crippen MR) is 74.0 cm³/mol. The average molecular weight is 299 g/mol. The van der Waals surface area contributed by atoms with E-state index in [1.807, 2.05) is 13.8 Å². The van der Waals surface area contributed by atoms with Crippen molar-refractivity contribution in [3.8, 4) is 0 Å². The molecule has 0 amide bonds. The highest BCUT2D eigenvalue weighted by Gasteiger charge is 2.18. The van der Waals surface area contributed by atoms with Crippen LogP contribution in [0.5, 0.6) is 0 Å². The molecule has 0 aliphatic heterocycles. The van der Waals surface area contributed by atoms with Crippen molar-refractivity contribution in [2.24, 2.45) is 0 Å². The topological polar surface area (TPSA) is 73.0 Å². The average Bonchev–Trinajstić information content (AvgIpc) is 2.82. The maximum Gasteiger partial charge on any atom is 0.295 e. The summed E-state index contributed by atoms with van der Waals surface area (Å²) in [7, 11) is 0. The van der Waals surface area contributed by atoms with Gasteiger partial charge in [-0.15, -0.1) is 0 Å². The summed E-state index contributed by atoms with van der Waals surface area (Å²) >= 11 is 5.65. The molecule has 0 aliphatic rings. The number of hydrogen-bond donors (Lipinski definition) is 1. The van der Waals surface area contributed by atoms with E-state index in [4.69, 9.17) is 11.6 Å². The number of benzene rings is 1. The quantitative estimate of drug-likeness (QED) is 0.686. The fraction of sp³-hybridized carbons (Fsp3) is 0.250. The van der Waals surface area contributed by atoms with Gasteiger partial charge in [-0.2, -0.15) is 5.10 Å². The molecule has 106 valence electrons. The molecule has 0 aliphatic carbocycles. The van der Waals surface area contributed by atoms with Gasteiger partial charge in [0.25, 0.3) is 5.69 Å². The van der Waals surface area contributed by atoms with Crippen molar-refractivity contribution in [3.63, 3.8) is 0 Å². The van der Waals surface area contributed by atoms with Crippen LogP contribution in [0.2, 0.25) is 5.02 Å². The largest absolute Gasteiger partial charge is 0.347 e. The summed E-state index contributed by atoms with van der Waals surface area (Å²) in [6.07, 6.45) is 3.23. The van der Waals surface area contributed by atoms with Crippen LogP contribution in [-0.4, -0.2) is 14.7 Å². The van der Waals surface area contributed by atoms with E-state index in [0.717, 1.165) is 6.07 Å². The number of rotatable bonds is 4. The Labute approximate surface area is 119 Å². The van der Waals surface area contributed by atoms with Gasteiger partial charge in [-0.25, -0.2) is 4.39 Å². The zero-order chi connectivity index (χ0) is 14.9. The Morgan fingerprint density at radius 3 is 2.75 bits per heavy atom. The van der Waals surface area contributed by atoms with E-state index >= 15 is 0 Å². The van der Waals surface area contributed by atoms with E-state index in [0.29, 0.717) is 5.69 Å². The normalized spacial score (nSPS) is 10.8. The highest BCUT2D eigenvalue weighted by atomic mass is 35.5. The molecule has 1 aromatic heterocycles. The van der Waals surface area contributed by atoms with Gasteiger partial charge in [-0.3, -0.25) is 14.8 Å². The lowest BCUT2D eigenvalue weighted by atomic mass is 10.2. The molecular formula is C12H12ClFN4O2. The summed E-state index contributed by atoms with van der Waals surface area (Å²) in [6, 6.07) is 2.14. The minimum absolute atomic E-state index is 0.115. The van der Waals surface area contributed by atoms with Crippen molar-refractivity contribution >= 4 is 28.7 Å². The second-order valence-corrected chi connectivity index (χ2v) is 4.88. The molecule has 0 atom stereocenters. The molecule has 1 heterocycles. The minimum atomic E-state index is -0.832. The van der Waals surface area contributed by atoms with Gasteiger partial charge in [-0.1, -0.05) is 11.6 Å². The minimum Gasteiger partial charge on any atom is -0.347 e. The molecule has 1 N–H and O–H groups in total. The molecule has 0 spiro atoms. The maximum absolute atomic E-state index is 13.3. The van der Waals surface area contributed by atoms with Gasteiger partial charge in [0, 0.05) is 12.2 Å². The zero-order valence-corrected chi connectivity index (χ0v) is 11.6. The summed E-state index contributed by atoms with van der Waals surface area (Å²) in [5, 5.41) is 17.7. The molecule has 0 unspecified atom stereocenters. The summed E-state index contributed by atoms with van der Waals surface area (Å²) in [4.78, 5) is 10.3. The maximum atomic E-state index is 13.3. The third kappa shape index (κ3) is 2.88. The van der Waals surface area contributed by atoms with Crippen LogP contribution >= 0.6 is 11.6 Å². The zero-order valence-electron chi connectivity index (χ0n) is 10.8. The van der Waals surface area contributed by atoms with Gasteiger partial charge in [0.05, 0.1) is 27.9 Å². The number of aromatic nitrogens is 2. The Bertz CT molecular complexity index is 657. The first-order valence-electron chi connectivity index (χ1n) is 5.83. The Balaban J connectivity index is 2.36. The number of nitrogens with zero attached hydrogens (tertiary/aromatic N) is 3. The van der Waals surface area contributed by atoms with E-state index in [2.05, 4.69) is 10.4 Å². The predicted octanol–water partition coefficient (Wildman–Crippen LogP) is 3.91. The van der Waals surface area contributed by atoms with E-state index in [1.165, 1.54) is 12.3 Å². The van der Waals surface area contributed by atoms with Crippen molar-refractivity contribution < 1.29 is 9.31 Å². The van der Waals surface area contributed by atoms with Gasteiger partial charge in [-0.05, 0) is 19.9 Å². The van der Waals surface area contributed by atoms with Gasteiger partial charge >= 0.3 is 0 Å².